The molecular formula is C17H15ClFNO. The summed E-state index contributed by atoms with van der Waals surface area (Å²) < 4.78 is 13.1. The molecule has 0 bridgehead atoms. The van der Waals surface area contributed by atoms with Crippen molar-refractivity contribution in [2.75, 3.05) is 7.05 Å². The third-order valence-corrected chi connectivity index (χ3v) is 3.19. The number of carbonyl (C=O) groups is 1. The lowest BCUT2D eigenvalue weighted by molar-refractivity contribution is -0.125. The molecule has 108 valence electrons. The van der Waals surface area contributed by atoms with Crippen LogP contribution in [0.4, 0.5) is 4.39 Å². The molecule has 21 heavy (non-hydrogen) atoms. The molecule has 2 rings (SSSR count). The zero-order valence-electron chi connectivity index (χ0n) is 11.6. The van der Waals surface area contributed by atoms with Crippen LogP contribution < -0.4 is 0 Å². The van der Waals surface area contributed by atoms with Crippen molar-refractivity contribution in [2.24, 2.45) is 0 Å². The second kappa shape index (κ2) is 7.04. The zero-order valence-corrected chi connectivity index (χ0v) is 12.3. The van der Waals surface area contributed by atoms with Crippen molar-refractivity contribution < 1.29 is 9.18 Å². The summed E-state index contributed by atoms with van der Waals surface area (Å²) in [5, 5.41) is 0.623. The highest BCUT2D eigenvalue weighted by atomic mass is 35.5. The average Bonchev–Trinajstić information content (AvgIpc) is 2.45. The molecule has 0 radical (unpaired) electrons. The van der Waals surface area contributed by atoms with E-state index in [9.17, 15) is 9.18 Å². The van der Waals surface area contributed by atoms with Crippen LogP contribution in [0, 0.1) is 5.82 Å². The van der Waals surface area contributed by atoms with Crippen LogP contribution in [-0.4, -0.2) is 17.9 Å². The number of likely N-dealkylation sites (N-methyl/N-ethyl adjacent to an activating group) is 1. The Hall–Kier alpha value is -2.13. The summed E-state index contributed by atoms with van der Waals surface area (Å²) in [6.07, 6.45) is 3.18. The van der Waals surface area contributed by atoms with E-state index in [1.54, 1.807) is 37.4 Å². The van der Waals surface area contributed by atoms with Crippen LogP contribution in [0.25, 0.3) is 6.08 Å². The highest BCUT2D eigenvalue weighted by Crippen LogP contribution is 2.12. The molecule has 0 aliphatic rings. The lowest BCUT2D eigenvalue weighted by Crippen LogP contribution is -2.24. The molecule has 0 aliphatic heterocycles. The van der Waals surface area contributed by atoms with Gasteiger partial charge in [0.15, 0.2) is 0 Å². The van der Waals surface area contributed by atoms with Crippen LogP contribution >= 0.6 is 11.6 Å². The molecule has 0 aromatic heterocycles. The minimum absolute atomic E-state index is 0.153. The molecular weight excluding hydrogens is 289 g/mol. The summed E-state index contributed by atoms with van der Waals surface area (Å²) in [7, 11) is 1.68. The Morgan fingerprint density at radius 2 is 2.00 bits per heavy atom. The van der Waals surface area contributed by atoms with Crippen LogP contribution in [0.1, 0.15) is 11.1 Å². The van der Waals surface area contributed by atoms with Crippen molar-refractivity contribution in [1.29, 1.82) is 0 Å². The lowest BCUT2D eigenvalue weighted by atomic mass is 10.2. The molecule has 0 atom stereocenters. The Labute approximate surface area is 128 Å². The number of carbonyl (C=O) groups excluding carboxylic acids is 1. The van der Waals surface area contributed by atoms with Crippen molar-refractivity contribution in [3.63, 3.8) is 0 Å². The SMILES string of the molecule is CN(Cc1cccc(F)c1)C(=O)/C=C/c1cccc(Cl)c1. The highest BCUT2D eigenvalue weighted by molar-refractivity contribution is 6.30. The first kappa shape index (κ1) is 15.3. The molecule has 0 saturated heterocycles. The Morgan fingerprint density at radius 3 is 2.71 bits per heavy atom. The van der Waals surface area contributed by atoms with E-state index in [-0.39, 0.29) is 11.7 Å². The quantitative estimate of drug-likeness (QED) is 0.777. The van der Waals surface area contributed by atoms with Gasteiger partial charge in [-0.15, -0.1) is 0 Å². The topological polar surface area (TPSA) is 20.3 Å². The number of benzene rings is 2. The molecule has 0 aliphatic carbocycles. The van der Waals surface area contributed by atoms with Gasteiger partial charge in [0.25, 0.3) is 0 Å². The van der Waals surface area contributed by atoms with Gasteiger partial charge in [-0.05, 0) is 41.5 Å². The van der Waals surface area contributed by atoms with Gasteiger partial charge in [-0.25, -0.2) is 4.39 Å². The predicted octanol–water partition coefficient (Wildman–Crippen LogP) is 4.15. The first-order valence-corrected chi connectivity index (χ1v) is 6.85. The smallest absolute Gasteiger partial charge is 0.246 e. The number of amides is 1. The number of halogens is 2. The van der Waals surface area contributed by atoms with E-state index in [4.69, 9.17) is 11.6 Å². The van der Waals surface area contributed by atoms with Crippen molar-refractivity contribution in [2.45, 2.75) is 6.54 Å². The highest BCUT2D eigenvalue weighted by Gasteiger charge is 2.06. The van der Waals surface area contributed by atoms with E-state index in [1.165, 1.54) is 23.1 Å². The number of hydrogen-bond acceptors (Lipinski definition) is 1. The van der Waals surface area contributed by atoms with Crippen LogP contribution in [0.15, 0.2) is 54.6 Å². The van der Waals surface area contributed by atoms with Crippen molar-refractivity contribution in [1.82, 2.24) is 4.90 Å². The predicted molar refractivity (Wildman–Crippen MR) is 83.4 cm³/mol. The summed E-state index contributed by atoms with van der Waals surface area (Å²) >= 11 is 5.88. The van der Waals surface area contributed by atoms with E-state index in [2.05, 4.69) is 0 Å². The molecule has 0 spiro atoms. The van der Waals surface area contributed by atoms with Gasteiger partial charge in [-0.3, -0.25) is 4.79 Å². The third kappa shape index (κ3) is 4.72. The van der Waals surface area contributed by atoms with Gasteiger partial charge in [-0.1, -0.05) is 35.9 Å². The van der Waals surface area contributed by atoms with E-state index in [0.717, 1.165) is 11.1 Å². The first-order valence-electron chi connectivity index (χ1n) is 6.48. The maximum Gasteiger partial charge on any atom is 0.246 e. The summed E-state index contributed by atoms with van der Waals surface area (Å²) in [6, 6.07) is 13.5. The second-order valence-corrected chi connectivity index (χ2v) is 5.15. The van der Waals surface area contributed by atoms with Gasteiger partial charge in [0.1, 0.15) is 5.82 Å². The maximum absolute atomic E-state index is 13.1. The van der Waals surface area contributed by atoms with E-state index >= 15 is 0 Å². The van der Waals surface area contributed by atoms with E-state index < -0.39 is 0 Å². The normalized spacial score (nSPS) is 10.8. The lowest BCUT2D eigenvalue weighted by Gasteiger charge is -2.15. The van der Waals surface area contributed by atoms with Crippen molar-refractivity contribution in [3.05, 3.63) is 76.6 Å². The third-order valence-electron chi connectivity index (χ3n) is 2.95. The number of nitrogens with zero attached hydrogens (tertiary/aromatic N) is 1. The van der Waals surface area contributed by atoms with Crippen LogP contribution in [0.3, 0.4) is 0 Å². The molecule has 1 amide bonds. The second-order valence-electron chi connectivity index (χ2n) is 4.71. The molecule has 2 nitrogen and oxygen atoms in total. The largest absolute Gasteiger partial charge is 0.338 e. The zero-order chi connectivity index (χ0) is 15.2. The van der Waals surface area contributed by atoms with Crippen LogP contribution in [0.2, 0.25) is 5.02 Å². The average molecular weight is 304 g/mol. The Kier molecular flexibility index (Phi) is 5.12. The van der Waals surface area contributed by atoms with Gasteiger partial charge in [-0.2, -0.15) is 0 Å². The minimum atomic E-state index is -0.303. The van der Waals surface area contributed by atoms with Crippen molar-refractivity contribution >= 4 is 23.6 Å². The molecule has 0 saturated carbocycles. The van der Waals surface area contributed by atoms with Gasteiger partial charge >= 0.3 is 0 Å². The van der Waals surface area contributed by atoms with E-state index in [0.29, 0.717) is 11.6 Å². The molecule has 0 unspecified atom stereocenters. The Balaban J connectivity index is 1.99. The fourth-order valence-electron chi connectivity index (χ4n) is 1.89. The molecule has 0 fully saturated rings. The fourth-order valence-corrected chi connectivity index (χ4v) is 2.09. The molecule has 0 heterocycles. The fraction of sp³-hybridized carbons (Fsp3) is 0.118. The minimum Gasteiger partial charge on any atom is -0.338 e. The Bertz CT molecular complexity index is 669. The molecule has 4 heteroatoms. The van der Waals surface area contributed by atoms with Gasteiger partial charge in [0, 0.05) is 24.7 Å². The number of rotatable bonds is 4. The van der Waals surface area contributed by atoms with E-state index in [1.807, 2.05) is 12.1 Å². The summed E-state index contributed by atoms with van der Waals surface area (Å²) in [4.78, 5) is 13.5. The standard InChI is InChI=1S/C17H15ClFNO/c1-20(12-14-5-3-7-16(19)11-14)17(21)9-8-13-4-2-6-15(18)10-13/h2-11H,12H2,1H3/b9-8+. The summed E-state index contributed by atoms with van der Waals surface area (Å²) in [5.41, 5.74) is 1.61. The summed E-state index contributed by atoms with van der Waals surface area (Å²) in [5.74, 6) is -0.456. The molecule has 0 N–H and O–H groups in total. The summed E-state index contributed by atoms with van der Waals surface area (Å²) in [6.45, 7) is 0.358. The molecule has 2 aromatic rings. The Morgan fingerprint density at radius 1 is 1.24 bits per heavy atom. The van der Waals surface area contributed by atoms with Crippen LogP contribution in [-0.2, 0) is 11.3 Å². The van der Waals surface area contributed by atoms with Crippen LogP contribution in [0.5, 0.6) is 0 Å². The van der Waals surface area contributed by atoms with Crippen molar-refractivity contribution in [3.8, 4) is 0 Å². The maximum atomic E-state index is 13.1. The first-order chi connectivity index (χ1) is 10.0. The molecule has 2 aromatic carbocycles. The van der Waals surface area contributed by atoms with Gasteiger partial charge in [0.05, 0.1) is 0 Å². The van der Waals surface area contributed by atoms with Gasteiger partial charge < -0.3 is 4.90 Å². The monoisotopic (exact) mass is 303 g/mol. The number of hydrogen-bond donors (Lipinski definition) is 0. The van der Waals surface area contributed by atoms with Gasteiger partial charge in [0.2, 0.25) is 5.91 Å².